The molecule has 0 saturated carbocycles. The van der Waals surface area contributed by atoms with E-state index in [0.29, 0.717) is 0 Å². The molecule has 3 heteroatoms. The van der Waals surface area contributed by atoms with Gasteiger partial charge in [0.1, 0.15) is 5.75 Å². The number of ether oxygens (including phenoxy) is 1. The molecule has 2 aromatic rings. The number of benzene rings is 2. The van der Waals surface area contributed by atoms with E-state index in [0.717, 1.165) is 22.6 Å². The van der Waals surface area contributed by atoms with Crippen LogP contribution in [0.4, 0.5) is 5.69 Å². The van der Waals surface area contributed by atoms with Gasteiger partial charge in [-0.05, 0) is 42.3 Å². The lowest BCUT2D eigenvalue weighted by Crippen LogP contribution is -1.90. The highest BCUT2D eigenvalue weighted by Gasteiger charge is 1.98. The molecule has 0 amide bonds. The van der Waals surface area contributed by atoms with Crippen LogP contribution < -0.4 is 4.74 Å². The molecule has 0 radical (unpaired) electrons. The fraction of sp³-hybridized carbons (Fsp3) is 0.188. The summed E-state index contributed by atoms with van der Waals surface area (Å²) in [6.45, 7) is 1.75. The van der Waals surface area contributed by atoms with Crippen molar-refractivity contribution < 1.29 is 9.84 Å². The standard InChI is InChI=1S/C16H17NO2/c1-12(18)14-5-3-13(4-6-14)11-17-15-7-9-16(19-2)10-8-15/h3-12,18H,1-2H3. The summed E-state index contributed by atoms with van der Waals surface area (Å²) in [6, 6.07) is 15.2. The average molecular weight is 255 g/mol. The molecule has 0 spiro atoms. The first-order valence-electron chi connectivity index (χ1n) is 6.15. The summed E-state index contributed by atoms with van der Waals surface area (Å²) >= 11 is 0. The Kier molecular flexibility index (Phi) is 4.31. The van der Waals surface area contributed by atoms with Crippen LogP contribution in [0.15, 0.2) is 53.5 Å². The van der Waals surface area contributed by atoms with Crippen LogP contribution >= 0.6 is 0 Å². The van der Waals surface area contributed by atoms with Gasteiger partial charge in [-0.3, -0.25) is 4.99 Å². The van der Waals surface area contributed by atoms with Crippen molar-refractivity contribution in [3.8, 4) is 5.75 Å². The van der Waals surface area contributed by atoms with Crippen LogP contribution in [0.1, 0.15) is 24.2 Å². The van der Waals surface area contributed by atoms with E-state index in [1.807, 2.05) is 48.5 Å². The number of nitrogens with zero attached hydrogens (tertiary/aromatic N) is 1. The summed E-state index contributed by atoms with van der Waals surface area (Å²) < 4.78 is 5.09. The Morgan fingerprint density at radius 2 is 1.68 bits per heavy atom. The van der Waals surface area contributed by atoms with Crippen molar-refractivity contribution in [2.45, 2.75) is 13.0 Å². The molecule has 0 aliphatic heterocycles. The van der Waals surface area contributed by atoms with Gasteiger partial charge in [0.15, 0.2) is 0 Å². The van der Waals surface area contributed by atoms with Gasteiger partial charge < -0.3 is 9.84 Å². The predicted molar refractivity (Wildman–Crippen MR) is 77.3 cm³/mol. The highest BCUT2D eigenvalue weighted by molar-refractivity contribution is 5.81. The summed E-state index contributed by atoms with van der Waals surface area (Å²) in [4.78, 5) is 4.38. The zero-order chi connectivity index (χ0) is 13.7. The number of rotatable bonds is 4. The SMILES string of the molecule is COc1ccc(N=Cc2ccc(C(C)O)cc2)cc1. The van der Waals surface area contributed by atoms with E-state index >= 15 is 0 Å². The number of hydrogen-bond donors (Lipinski definition) is 1. The first kappa shape index (κ1) is 13.3. The molecule has 1 atom stereocenters. The van der Waals surface area contributed by atoms with E-state index in [1.165, 1.54) is 0 Å². The van der Waals surface area contributed by atoms with Gasteiger partial charge in [-0.15, -0.1) is 0 Å². The van der Waals surface area contributed by atoms with Gasteiger partial charge in [0, 0.05) is 6.21 Å². The van der Waals surface area contributed by atoms with Crippen molar-refractivity contribution >= 4 is 11.9 Å². The second-order valence-electron chi connectivity index (χ2n) is 4.30. The van der Waals surface area contributed by atoms with E-state index in [2.05, 4.69) is 4.99 Å². The summed E-state index contributed by atoms with van der Waals surface area (Å²) in [5.74, 6) is 0.820. The molecule has 0 aliphatic rings. The third-order valence-corrected chi connectivity index (χ3v) is 2.85. The largest absolute Gasteiger partial charge is 0.497 e. The summed E-state index contributed by atoms with van der Waals surface area (Å²) in [5.41, 5.74) is 2.78. The maximum absolute atomic E-state index is 9.43. The highest BCUT2D eigenvalue weighted by Crippen LogP contribution is 2.18. The average Bonchev–Trinajstić information content (AvgIpc) is 2.46. The fourth-order valence-electron chi connectivity index (χ4n) is 1.68. The fourth-order valence-corrected chi connectivity index (χ4v) is 1.68. The summed E-state index contributed by atoms with van der Waals surface area (Å²) in [5, 5.41) is 9.43. The quantitative estimate of drug-likeness (QED) is 0.849. The van der Waals surface area contributed by atoms with Crippen LogP contribution in [0.25, 0.3) is 0 Å². The molecule has 19 heavy (non-hydrogen) atoms. The van der Waals surface area contributed by atoms with Crippen molar-refractivity contribution in [3.63, 3.8) is 0 Å². The van der Waals surface area contributed by atoms with Gasteiger partial charge in [0.05, 0.1) is 18.9 Å². The maximum atomic E-state index is 9.43. The van der Waals surface area contributed by atoms with E-state index in [-0.39, 0.29) is 0 Å². The topological polar surface area (TPSA) is 41.8 Å². The minimum absolute atomic E-state index is 0.437. The second-order valence-corrected chi connectivity index (χ2v) is 4.30. The van der Waals surface area contributed by atoms with Gasteiger partial charge in [-0.1, -0.05) is 24.3 Å². The minimum atomic E-state index is -0.437. The Morgan fingerprint density at radius 1 is 1.05 bits per heavy atom. The van der Waals surface area contributed by atoms with Crippen LogP contribution in [0, 0.1) is 0 Å². The van der Waals surface area contributed by atoms with E-state index in [9.17, 15) is 5.11 Å². The van der Waals surface area contributed by atoms with Crippen LogP contribution in [0.5, 0.6) is 5.75 Å². The van der Waals surface area contributed by atoms with Gasteiger partial charge in [0.2, 0.25) is 0 Å². The number of aliphatic hydroxyl groups is 1. The molecule has 0 heterocycles. The van der Waals surface area contributed by atoms with Gasteiger partial charge in [0.25, 0.3) is 0 Å². The summed E-state index contributed by atoms with van der Waals surface area (Å²) in [6.07, 6.45) is 1.36. The molecule has 0 aliphatic carbocycles. The molecule has 0 fully saturated rings. The molecule has 1 unspecified atom stereocenters. The minimum Gasteiger partial charge on any atom is -0.497 e. The normalized spacial score (nSPS) is 12.6. The van der Waals surface area contributed by atoms with Gasteiger partial charge in [-0.2, -0.15) is 0 Å². The van der Waals surface area contributed by atoms with Crippen molar-refractivity contribution in [1.29, 1.82) is 0 Å². The summed E-state index contributed by atoms with van der Waals surface area (Å²) in [7, 11) is 1.64. The van der Waals surface area contributed by atoms with E-state index < -0.39 is 6.10 Å². The molecular weight excluding hydrogens is 238 g/mol. The molecule has 2 rings (SSSR count). The molecule has 0 bridgehead atoms. The third kappa shape index (κ3) is 3.66. The Balaban J connectivity index is 2.08. The lowest BCUT2D eigenvalue weighted by atomic mass is 10.1. The Morgan fingerprint density at radius 3 is 2.21 bits per heavy atom. The molecule has 3 nitrogen and oxygen atoms in total. The zero-order valence-corrected chi connectivity index (χ0v) is 11.1. The van der Waals surface area contributed by atoms with E-state index in [1.54, 1.807) is 20.2 Å². The molecule has 1 N–H and O–H groups in total. The Bertz CT molecular complexity index is 542. The smallest absolute Gasteiger partial charge is 0.119 e. The van der Waals surface area contributed by atoms with Crippen LogP contribution in [0.3, 0.4) is 0 Å². The number of aliphatic hydroxyl groups excluding tert-OH is 1. The first-order chi connectivity index (χ1) is 9.19. The van der Waals surface area contributed by atoms with Gasteiger partial charge >= 0.3 is 0 Å². The predicted octanol–water partition coefficient (Wildman–Crippen LogP) is 3.50. The van der Waals surface area contributed by atoms with Crippen molar-refractivity contribution in [2.24, 2.45) is 4.99 Å². The van der Waals surface area contributed by atoms with Crippen LogP contribution in [0.2, 0.25) is 0 Å². The van der Waals surface area contributed by atoms with Crippen molar-refractivity contribution in [1.82, 2.24) is 0 Å². The highest BCUT2D eigenvalue weighted by atomic mass is 16.5. The molecule has 98 valence electrons. The van der Waals surface area contributed by atoms with Gasteiger partial charge in [-0.25, -0.2) is 0 Å². The monoisotopic (exact) mass is 255 g/mol. The molecular formula is C16H17NO2. The molecule has 0 aromatic heterocycles. The Labute approximate surface area is 113 Å². The molecule has 0 saturated heterocycles. The first-order valence-corrected chi connectivity index (χ1v) is 6.15. The molecule has 2 aromatic carbocycles. The lowest BCUT2D eigenvalue weighted by Gasteiger charge is -2.03. The second kappa shape index (κ2) is 6.16. The Hall–Kier alpha value is -2.13. The van der Waals surface area contributed by atoms with Crippen LogP contribution in [-0.4, -0.2) is 18.4 Å². The van der Waals surface area contributed by atoms with E-state index in [4.69, 9.17) is 4.74 Å². The number of methoxy groups -OCH3 is 1. The van der Waals surface area contributed by atoms with Crippen molar-refractivity contribution in [3.05, 3.63) is 59.7 Å². The number of aliphatic imine (C=N–C) groups is 1. The van der Waals surface area contributed by atoms with Crippen LogP contribution in [-0.2, 0) is 0 Å². The maximum Gasteiger partial charge on any atom is 0.119 e. The van der Waals surface area contributed by atoms with Crippen molar-refractivity contribution in [2.75, 3.05) is 7.11 Å². The number of hydrogen-bond acceptors (Lipinski definition) is 3. The third-order valence-electron chi connectivity index (χ3n) is 2.85. The lowest BCUT2D eigenvalue weighted by molar-refractivity contribution is 0.199. The zero-order valence-electron chi connectivity index (χ0n) is 11.1.